The summed E-state index contributed by atoms with van der Waals surface area (Å²) in [5, 5.41) is 9.58. The zero-order valence-corrected chi connectivity index (χ0v) is 20.8. The van der Waals surface area contributed by atoms with Crippen LogP contribution in [0.25, 0.3) is 0 Å². The van der Waals surface area contributed by atoms with Gasteiger partial charge in [0.15, 0.2) is 0 Å². The molecule has 0 saturated carbocycles. The molecule has 1 atom stereocenters. The summed E-state index contributed by atoms with van der Waals surface area (Å²) in [4.78, 5) is 29.8. The first-order chi connectivity index (χ1) is 14.8. The molecule has 1 N–H and O–H groups in total. The fourth-order valence-electron chi connectivity index (χ4n) is 4.88. The molecule has 5 nitrogen and oxygen atoms in total. The highest BCUT2D eigenvalue weighted by atomic mass is 79.9. The normalized spacial score (nSPS) is 18.8. The van der Waals surface area contributed by atoms with E-state index in [9.17, 15) is 9.59 Å². The van der Waals surface area contributed by atoms with Gasteiger partial charge in [-0.15, -0.1) is 0 Å². The Bertz CT molecular complexity index is 1020. The molecule has 1 amide bonds. The number of carbonyl (C=O) groups is 2. The zero-order valence-electron chi connectivity index (χ0n) is 16.9. The number of likely N-dealkylation sites (tertiary alicyclic amines) is 1. The van der Waals surface area contributed by atoms with Crippen molar-refractivity contribution in [3.63, 3.8) is 0 Å². The van der Waals surface area contributed by atoms with E-state index in [1.165, 1.54) is 16.7 Å². The second-order valence-electron chi connectivity index (χ2n) is 8.25. The van der Waals surface area contributed by atoms with Crippen molar-refractivity contribution in [2.24, 2.45) is 5.92 Å². The number of carboxylic acid groups (broad SMARTS) is 1. The van der Waals surface area contributed by atoms with Gasteiger partial charge in [0, 0.05) is 45.6 Å². The molecule has 31 heavy (non-hydrogen) atoms. The number of rotatable bonds is 4. The number of hydrogen-bond acceptors (Lipinski definition) is 3. The summed E-state index contributed by atoms with van der Waals surface area (Å²) in [5.41, 5.74) is 4.87. The number of hydrogen-bond donors (Lipinski definition) is 1. The first-order valence-electron chi connectivity index (χ1n) is 10.4. The van der Waals surface area contributed by atoms with Crippen LogP contribution in [0.3, 0.4) is 0 Å². The third-order valence-electron chi connectivity index (χ3n) is 6.33. The Balaban J connectivity index is 1.64. The molecule has 0 spiro atoms. The number of aliphatic carboxylic acids is 1. The maximum Gasteiger partial charge on any atom is 0.303 e. The van der Waals surface area contributed by atoms with Gasteiger partial charge in [-0.1, -0.05) is 27.5 Å². The van der Waals surface area contributed by atoms with E-state index < -0.39 is 5.97 Å². The molecule has 8 heteroatoms. The predicted molar refractivity (Wildman–Crippen MR) is 127 cm³/mol. The van der Waals surface area contributed by atoms with Gasteiger partial charge in [0.25, 0.3) is 0 Å². The first kappa shape index (κ1) is 22.7. The minimum Gasteiger partial charge on any atom is -0.481 e. The summed E-state index contributed by atoms with van der Waals surface area (Å²) >= 11 is 13.7. The summed E-state index contributed by atoms with van der Waals surface area (Å²) in [7, 11) is 0. The van der Waals surface area contributed by atoms with Gasteiger partial charge in [0.2, 0.25) is 5.91 Å². The van der Waals surface area contributed by atoms with Crippen LogP contribution in [-0.2, 0) is 22.4 Å². The lowest BCUT2D eigenvalue weighted by atomic mass is 9.76. The van der Waals surface area contributed by atoms with Gasteiger partial charge in [-0.3, -0.25) is 14.6 Å². The van der Waals surface area contributed by atoms with Crippen LogP contribution in [0.15, 0.2) is 33.3 Å². The van der Waals surface area contributed by atoms with Gasteiger partial charge < -0.3 is 10.0 Å². The number of fused-ring (bicyclic) bond motifs is 2. The molecule has 4 rings (SSSR count). The molecule has 2 aliphatic rings. The third kappa shape index (κ3) is 4.99. The number of nitrogens with zero attached hydrogens (tertiary/aromatic N) is 2. The standard InChI is InChI=1S/C23H23Br2ClN2O3/c24-16-9-15-2-1-14-10-17(26)11-18(25)21(14)22(23(15)27-12-16)13-5-7-28(8-6-13)19(29)3-4-20(30)31/h9-13,22H,1-8H2,(H,30,31). The van der Waals surface area contributed by atoms with Crippen LogP contribution < -0.4 is 0 Å². The first-order valence-corrected chi connectivity index (χ1v) is 12.4. The van der Waals surface area contributed by atoms with E-state index in [4.69, 9.17) is 21.7 Å². The van der Waals surface area contributed by atoms with E-state index in [1.54, 1.807) is 0 Å². The highest BCUT2D eigenvalue weighted by Crippen LogP contribution is 2.46. The van der Waals surface area contributed by atoms with Crippen LogP contribution in [-0.4, -0.2) is 40.0 Å². The zero-order chi connectivity index (χ0) is 22.1. The Morgan fingerprint density at radius 1 is 1.10 bits per heavy atom. The SMILES string of the molecule is O=C(O)CCC(=O)N1CCC(C2c3ncc(Br)cc3CCc3cc(Cl)cc(Br)c32)CC1. The predicted octanol–water partition coefficient (Wildman–Crippen LogP) is 5.59. The maximum absolute atomic E-state index is 12.4. The summed E-state index contributed by atoms with van der Waals surface area (Å²) in [5.74, 6) is -0.540. The van der Waals surface area contributed by atoms with Gasteiger partial charge in [-0.05, 0) is 82.4 Å². The smallest absolute Gasteiger partial charge is 0.303 e. The second-order valence-corrected chi connectivity index (χ2v) is 10.5. The lowest BCUT2D eigenvalue weighted by Crippen LogP contribution is -2.40. The number of halogens is 3. The largest absolute Gasteiger partial charge is 0.481 e. The van der Waals surface area contributed by atoms with Crippen molar-refractivity contribution in [1.82, 2.24) is 9.88 Å². The van der Waals surface area contributed by atoms with Gasteiger partial charge in [-0.25, -0.2) is 0 Å². The van der Waals surface area contributed by atoms with E-state index in [-0.39, 0.29) is 24.7 Å². The summed E-state index contributed by atoms with van der Waals surface area (Å²) in [6, 6.07) is 6.20. The van der Waals surface area contributed by atoms with Crippen LogP contribution in [0, 0.1) is 5.92 Å². The number of carboxylic acids is 1. The maximum atomic E-state index is 12.4. The summed E-state index contributed by atoms with van der Waals surface area (Å²) in [6.07, 6.45) is 5.34. The van der Waals surface area contributed by atoms with Crippen LogP contribution in [0.5, 0.6) is 0 Å². The molecule has 1 fully saturated rings. The minimum atomic E-state index is -0.935. The van der Waals surface area contributed by atoms with Crippen molar-refractivity contribution < 1.29 is 14.7 Å². The average molecular weight is 571 g/mol. The lowest BCUT2D eigenvalue weighted by Gasteiger charge is -2.37. The molecule has 1 aromatic heterocycles. The van der Waals surface area contributed by atoms with Crippen LogP contribution in [0.2, 0.25) is 5.02 Å². The molecule has 0 bridgehead atoms. The second kappa shape index (κ2) is 9.59. The molecule has 0 radical (unpaired) electrons. The Morgan fingerprint density at radius 2 is 1.81 bits per heavy atom. The van der Waals surface area contributed by atoms with E-state index in [0.717, 1.165) is 45.3 Å². The Hall–Kier alpha value is -1.44. The topological polar surface area (TPSA) is 70.5 Å². The molecule has 1 unspecified atom stereocenters. The van der Waals surface area contributed by atoms with Gasteiger partial charge in [-0.2, -0.15) is 0 Å². The van der Waals surface area contributed by atoms with Gasteiger partial charge in [0.05, 0.1) is 12.1 Å². The van der Waals surface area contributed by atoms with Crippen molar-refractivity contribution in [3.05, 3.63) is 60.7 Å². The number of piperidine rings is 1. The number of amides is 1. The van der Waals surface area contributed by atoms with Crippen LogP contribution in [0.4, 0.5) is 0 Å². The Kier molecular flexibility index (Phi) is 7.04. The van der Waals surface area contributed by atoms with Gasteiger partial charge in [0.1, 0.15) is 0 Å². The molecular formula is C23H23Br2ClN2O3. The van der Waals surface area contributed by atoms with E-state index >= 15 is 0 Å². The van der Waals surface area contributed by atoms with E-state index in [2.05, 4.69) is 44.0 Å². The molecule has 164 valence electrons. The molecule has 2 heterocycles. The Morgan fingerprint density at radius 3 is 2.52 bits per heavy atom. The van der Waals surface area contributed by atoms with Crippen molar-refractivity contribution >= 4 is 55.3 Å². The van der Waals surface area contributed by atoms with E-state index in [0.29, 0.717) is 19.0 Å². The Labute approximate surface area is 203 Å². The van der Waals surface area contributed by atoms with E-state index in [1.807, 2.05) is 17.2 Å². The fourth-order valence-corrected chi connectivity index (χ4v) is 6.38. The monoisotopic (exact) mass is 568 g/mol. The number of benzene rings is 1. The van der Waals surface area contributed by atoms with Crippen molar-refractivity contribution in [1.29, 1.82) is 0 Å². The highest BCUT2D eigenvalue weighted by molar-refractivity contribution is 9.10. The van der Waals surface area contributed by atoms with Crippen molar-refractivity contribution in [2.45, 2.75) is 44.4 Å². The summed E-state index contributed by atoms with van der Waals surface area (Å²) in [6.45, 7) is 1.29. The van der Waals surface area contributed by atoms with Crippen LogP contribution in [0.1, 0.15) is 54.0 Å². The lowest BCUT2D eigenvalue weighted by molar-refractivity contribution is -0.141. The molecule has 1 aromatic carbocycles. The summed E-state index contributed by atoms with van der Waals surface area (Å²) < 4.78 is 1.99. The fraction of sp³-hybridized carbons (Fsp3) is 0.435. The molecular weight excluding hydrogens is 548 g/mol. The van der Waals surface area contributed by atoms with Gasteiger partial charge >= 0.3 is 5.97 Å². The van der Waals surface area contributed by atoms with Crippen LogP contribution >= 0.6 is 43.5 Å². The highest BCUT2D eigenvalue weighted by Gasteiger charge is 2.36. The average Bonchev–Trinajstić information content (AvgIpc) is 2.89. The molecule has 2 aromatic rings. The van der Waals surface area contributed by atoms with Crippen molar-refractivity contribution in [3.8, 4) is 0 Å². The minimum absolute atomic E-state index is 0.0642. The number of aryl methyl sites for hydroxylation is 2. The molecule has 1 aliphatic heterocycles. The number of aromatic nitrogens is 1. The third-order valence-corrected chi connectivity index (χ3v) is 7.64. The van der Waals surface area contributed by atoms with Crippen molar-refractivity contribution in [2.75, 3.05) is 13.1 Å². The number of carbonyl (C=O) groups excluding carboxylic acids is 1. The molecule has 1 aliphatic carbocycles. The quantitative estimate of drug-likeness (QED) is 0.520. The number of pyridine rings is 1. The molecule has 1 saturated heterocycles.